The molecule has 0 amide bonds. The molecule has 2 aromatic carbocycles. The number of hydrogen-bond acceptors (Lipinski definition) is 0. The average molecular weight is 357 g/mol. The van der Waals surface area contributed by atoms with Crippen molar-refractivity contribution in [3.8, 4) is 0 Å². The van der Waals surface area contributed by atoms with E-state index in [0.717, 1.165) is 5.57 Å². The summed E-state index contributed by atoms with van der Waals surface area (Å²) in [5, 5.41) is 0. The Morgan fingerprint density at radius 3 is 1.37 bits per heavy atom. The highest BCUT2D eigenvalue weighted by Gasteiger charge is 2.04. The van der Waals surface area contributed by atoms with Gasteiger partial charge in [0.1, 0.15) is 0 Å². The molecule has 1 aliphatic rings. The minimum Gasteiger partial charge on any atom is -0.0705 e. The second kappa shape index (κ2) is 11.5. The lowest BCUT2D eigenvalue weighted by Crippen LogP contribution is -1.89. The molecule has 0 spiro atoms. The molecule has 0 nitrogen and oxygen atoms in total. The lowest BCUT2D eigenvalue weighted by Gasteiger charge is -2.08. The van der Waals surface area contributed by atoms with E-state index in [1.54, 1.807) is 0 Å². The normalized spacial score (nSPS) is 16.4. The van der Waals surface area contributed by atoms with Gasteiger partial charge in [0, 0.05) is 5.57 Å². The predicted molar refractivity (Wildman–Crippen MR) is 117 cm³/mol. The molecule has 0 unspecified atom stereocenters. The van der Waals surface area contributed by atoms with Gasteiger partial charge in [-0.3, -0.25) is 0 Å². The fraction of sp³-hybridized carbons (Fsp3) is 0.407. The van der Waals surface area contributed by atoms with Gasteiger partial charge >= 0.3 is 0 Å². The Kier molecular flexibility index (Phi) is 8.27. The summed E-state index contributed by atoms with van der Waals surface area (Å²) in [4.78, 5) is 0. The highest BCUT2D eigenvalue weighted by atomic mass is 14.1. The Labute approximate surface area is 165 Å². The van der Waals surface area contributed by atoms with Gasteiger partial charge in [0.2, 0.25) is 0 Å². The molecular formula is C27H32. The van der Waals surface area contributed by atoms with Gasteiger partial charge in [0.25, 0.3) is 0 Å². The van der Waals surface area contributed by atoms with Crippen molar-refractivity contribution < 1.29 is 0 Å². The van der Waals surface area contributed by atoms with Crippen LogP contribution in [0.4, 0.5) is 0 Å². The molecule has 27 heavy (non-hydrogen) atoms. The van der Waals surface area contributed by atoms with E-state index < -0.39 is 0 Å². The third kappa shape index (κ3) is 6.76. The first-order chi connectivity index (χ1) is 13.4. The first kappa shape index (κ1) is 19.5. The Bertz CT molecular complexity index is 714. The Hall–Kier alpha value is -2.26. The minimum atomic E-state index is 1.15. The van der Waals surface area contributed by atoms with Gasteiger partial charge in [0.15, 0.2) is 0 Å². The molecule has 1 saturated carbocycles. The van der Waals surface area contributed by atoms with Crippen LogP contribution in [0.3, 0.4) is 0 Å². The standard InChI is InChI=1S/C27H32/c1-2-4-6-10-16-24(17-11-7-5-3-1)22-23-27(25-18-12-8-13-19-25)26-20-14-9-15-21-26/h8-9,12-15,18-21H,1-7,10-11,16-17H2. The second-order valence-corrected chi connectivity index (χ2v) is 7.64. The molecule has 0 saturated heterocycles. The van der Waals surface area contributed by atoms with Gasteiger partial charge in [0.05, 0.1) is 0 Å². The van der Waals surface area contributed by atoms with Crippen molar-refractivity contribution in [1.29, 1.82) is 0 Å². The predicted octanol–water partition coefficient (Wildman–Crippen LogP) is 8.10. The summed E-state index contributed by atoms with van der Waals surface area (Å²) in [6, 6.07) is 21.2. The van der Waals surface area contributed by atoms with Crippen molar-refractivity contribution in [2.75, 3.05) is 0 Å². The van der Waals surface area contributed by atoms with Crippen LogP contribution < -0.4 is 0 Å². The molecule has 0 heterocycles. The molecule has 0 atom stereocenters. The summed E-state index contributed by atoms with van der Waals surface area (Å²) in [5.41, 5.74) is 12.2. The number of hydrogen-bond donors (Lipinski definition) is 0. The molecule has 2 aromatic rings. The summed E-state index contributed by atoms with van der Waals surface area (Å²) in [7, 11) is 0. The van der Waals surface area contributed by atoms with E-state index in [9.17, 15) is 0 Å². The summed E-state index contributed by atoms with van der Waals surface area (Å²) in [5.74, 6) is 0. The van der Waals surface area contributed by atoms with Crippen molar-refractivity contribution in [3.05, 3.63) is 88.8 Å². The molecule has 0 radical (unpaired) electrons. The maximum atomic E-state index is 3.60. The first-order valence-corrected chi connectivity index (χ1v) is 10.8. The van der Waals surface area contributed by atoms with Crippen molar-refractivity contribution in [3.63, 3.8) is 0 Å². The molecule has 0 aliphatic heterocycles. The van der Waals surface area contributed by atoms with Gasteiger partial charge in [-0.05, 0) is 42.4 Å². The number of benzene rings is 2. The molecule has 1 fully saturated rings. The van der Waals surface area contributed by atoms with E-state index in [-0.39, 0.29) is 0 Å². The zero-order valence-electron chi connectivity index (χ0n) is 16.6. The third-order valence-corrected chi connectivity index (χ3v) is 5.45. The summed E-state index contributed by atoms with van der Waals surface area (Å²) in [6.45, 7) is 0. The topological polar surface area (TPSA) is 0 Å². The van der Waals surface area contributed by atoms with E-state index in [0.29, 0.717) is 0 Å². The third-order valence-electron chi connectivity index (χ3n) is 5.45. The maximum Gasteiger partial charge on any atom is 0.0393 e. The molecule has 140 valence electrons. The highest BCUT2D eigenvalue weighted by molar-refractivity contribution is 5.79. The quantitative estimate of drug-likeness (QED) is 0.477. The van der Waals surface area contributed by atoms with Crippen molar-refractivity contribution >= 4 is 5.57 Å². The Morgan fingerprint density at radius 2 is 0.926 bits per heavy atom. The number of rotatable bonds is 2. The van der Waals surface area contributed by atoms with Crippen LogP contribution in [0.15, 0.2) is 77.7 Å². The zero-order valence-corrected chi connectivity index (χ0v) is 16.6. The Morgan fingerprint density at radius 1 is 0.519 bits per heavy atom. The molecule has 0 heteroatoms. The fourth-order valence-corrected chi connectivity index (χ4v) is 3.84. The van der Waals surface area contributed by atoms with Gasteiger partial charge in [-0.2, -0.15) is 0 Å². The SMILES string of the molecule is C(=C=C(c1ccccc1)c1ccccc1)=C1CCCCCCCCCCC1. The van der Waals surface area contributed by atoms with Crippen LogP contribution in [0.1, 0.15) is 81.8 Å². The lowest BCUT2D eigenvalue weighted by molar-refractivity contribution is 0.540. The van der Waals surface area contributed by atoms with Gasteiger partial charge in [-0.15, -0.1) is 0 Å². The highest BCUT2D eigenvalue weighted by Crippen LogP contribution is 2.23. The maximum absolute atomic E-state index is 3.60. The average Bonchev–Trinajstić information content (AvgIpc) is 2.71. The van der Waals surface area contributed by atoms with Crippen LogP contribution >= 0.6 is 0 Å². The van der Waals surface area contributed by atoms with E-state index in [1.807, 2.05) is 0 Å². The minimum absolute atomic E-state index is 1.15. The van der Waals surface area contributed by atoms with Crippen LogP contribution in [0, 0.1) is 0 Å². The summed E-state index contributed by atoms with van der Waals surface area (Å²) < 4.78 is 0. The van der Waals surface area contributed by atoms with E-state index in [4.69, 9.17) is 0 Å². The molecule has 1 aliphatic carbocycles. The molecule has 0 aromatic heterocycles. The van der Waals surface area contributed by atoms with Gasteiger partial charge in [-0.1, -0.05) is 117 Å². The van der Waals surface area contributed by atoms with Crippen molar-refractivity contribution in [2.24, 2.45) is 0 Å². The molecule has 0 bridgehead atoms. The van der Waals surface area contributed by atoms with Crippen LogP contribution in [-0.4, -0.2) is 0 Å². The van der Waals surface area contributed by atoms with E-state index in [1.165, 1.54) is 87.3 Å². The monoisotopic (exact) mass is 356 g/mol. The molecular weight excluding hydrogens is 324 g/mol. The zero-order chi connectivity index (χ0) is 18.6. The van der Waals surface area contributed by atoms with Crippen molar-refractivity contribution in [2.45, 2.75) is 70.6 Å². The smallest absolute Gasteiger partial charge is 0.0393 e. The Balaban J connectivity index is 1.93. The van der Waals surface area contributed by atoms with E-state index >= 15 is 0 Å². The number of allylic oxidation sites excluding steroid dienone is 1. The largest absolute Gasteiger partial charge is 0.0705 e. The van der Waals surface area contributed by atoms with E-state index in [2.05, 4.69) is 72.1 Å². The summed E-state index contributed by atoms with van der Waals surface area (Å²) in [6.07, 6.45) is 14.8. The summed E-state index contributed by atoms with van der Waals surface area (Å²) >= 11 is 0. The van der Waals surface area contributed by atoms with Crippen LogP contribution in [0.5, 0.6) is 0 Å². The van der Waals surface area contributed by atoms with Crippen LogP contribution in [-0.2, 0) is 0 Å². The second-order valence-electron chi connectivity index (χ2n) is 7.64. The fourth-order valence-electron chi connectivity index (χ4n) is 3.84. The molecule has 0 N–H and O–H groups in total. The first-order valence-electron chi connectivity index (χ1n) is 10.8. The van der Waals surface area contributed by atoms with Crippen LogP contribution in [0.2, 0.25) is 0 Å². The van der Waals surface area contributed by atoms with Gasteiger partial charge in [-0.25, -0.2) is 0 Å². The lowest BCUT2D eigenvalue weighted by atomic mass is 9.97. The van der Waals surface area contributed by atoms with Crippen LogP contribution in [0.25, 0.3) is 5.57 Å². The van der Waals surface area contributed by atoms with Gasteiger partial charge < -0.3 is 0 Å². The van der Waals surface area contributed by atoms with Crippen molar-refractivity contribution in [1.82, 2.24) is 0 Å². The molecule has 3 rings (SSSR count).